The first-order valence-electron chi connectivity index (χ1n) is 5.29. The summed E-state index contributed by atoms with van der Waals surface area (Å²) in [5.41, 5.74) is 0. The van der Waals surface area contributed by atoms with Crippen LogP contribution in [0.1, 0.15) is 25.7 Å². The molecule has 0 aliphatic heterocycles. The molecule has 0 atom stereocenters. The molecule has 0 aromatic rings. The lowest BCUT2D eigenvalue weighted by Crippen LogP contribution is -2.27. The van der Waals surface area contributed by atoms with Crippen LogP contribution < -0.4 is 0 Å². The van der Waals surface area contributed by atoms with E-state index in [2.05, 4.69) is 9.47 Å². The van der Waals surface area contributed by atoms with Gasteiger partial charge in [-0.15, -0.1) is 0 Å². The Hall–Kier alpha value is -1.10. The van der Waals surface area contributed by atoms with Crippen LogP contribution in [-0.2, 0) is 19.1 Å². The van der Waals surface area contributed by atoms with Gasteiger partial charge >= 0.3 is 11.9 Å². The monoisotopic (exact) mass is 232 g/mol. The lowest BCUT2D eigenvalue weighted by molar-refractivity contribution is -0.151. The molecule has 5 nitrogen and oxygen atoms in total. The summed E-state index contributed by atoms with van der Waals surface area (Å²) in [6, 6.07) is 0. The number of aliphatic hydroxyl groups excluding tert-OH is 1. The Balaban J connectivity index is 0.00000106. The van der Waals surface area contributed by atoms with Gasteiger partial charge in [0.2, 0.25) is 0 Å². The van der Waals surface area contributed by atoms with Crippen molar-refractivity contribution in [3.05, 3.63) is 0 Å². The van der Waals surface area contributed by atoms with Crippen molar-refractivity contribution >= 4 is 11.9 Å². The number of hydrogen-bond acceptors (Lipinski definition) is 5. The molecule has 0 radical (unpaired) electrons. The van der Waals surface area contributed by atoms with Gasteiger partial charge in [0, 0.05) is 7.11 Å². The van der Waals surface area contributed by atoms with Crippen molar-refractivity contribution in [3.8, 4) is 0 Å². The van der Waals surface area contributed by atoms with Gasteiger partial charge in [0.25, 0.3) is 0 Å². The average Bonchev–Trinajstić information content (AvgIpc) is 2.39. The maximum Gasteiger partial charge on any atom is 0.308 e. The molecule has 0 aromatic carbocycles. The molecule has 0 aromatic heterocycles. The van der Waals surface area contributed by atoms with Crippen molar-refractivity contribution in [1.82, 2.24) is 0 Å². The molecular weight excluding hydrogens is 212 g/mol. The largest absolute Gasteiger partial charge is 0.469 e. The number of ether oxygens (including phenoxy) is 2. The molecule has 1 aliphatic rings. The number of aliphatic hydroxyl groups is 1. The molecule has 0 bridgehead atoms. The predicted molar refractivity (Wildman–Crippen MR) is 57.6 cm³/mol. The summed E-state index contributed by atoms with van der Waals surface area (Å²) in [4.78, 5) is 22.3. The summed E-state index contributed by atoms with van der Waals surface area (Å²) in [5, 5.41) is 7.00. The van der Waals surface area contributed by atoms with E-state index in [4.69, 9.17) is 5.11 Å². The second kappa shape index (κ2) is 8.10. The van der Waals surface area contributed by atoms with E-state index in [9.17, 15) is 9.59 Å². The van der Waals surface area contributed by atoms with Crippen LogP contribution in [0.15, 0.2) is 0 Å². The predicted octanol–water partition coefficient (Wildman–Crippen LogP) is 0.747. The highest BCUT2D eigenvalue weighted by molar-refractivity contribution is 5.75. The third-order valence-corrected chi connectivity index (χ3v) is 2.80. The SMILES string of the molecule is CO.COC(=O)C1CCC(C(=O)OC)CC1. The first-order chi connectivity index (χ1) is 7.69. The van der Waals surface area contributed by atoms with Gasteiger partial charge in [0.05, 0.1) is 26.1 Å². The van der Waals surface area contributed by atoms with Crippen LogP contribution in [-0.4, -0.2) is 38.4 Å². The van der Waals surface area contributed by atoms with E-state index in [0.717, 1.165) is 32.8 Å². The number of carbonyl (C=O) groups excluding carboxylic acids is 2. The smallest absolute Gasteiger partial charge is 0.308 e. The van der Waals surface area contributed by atoms with Crippen molar-refractivity contribution in [2.75, 3.05) is 21.3 Å². The van der Waals surface area contributed by atoms with Crippen LogP contribution in [0.25, 0.3) is 0 Å². The minimum atomic E-state index is -0.159. The van der Waals surface area contributed by atoms with E-state index in [0.29, 0.717) is 0 Å². The minimum Gasteiger partial charge on any atom is -0.469 e. The highest BCUT2D eigenvalue weighted by atomic mass is 16.5. The normalized spacial score (nSPS) is 23.8. The molecule has 0 heterocycles. The number of methoxy groups -OCH3 is 2. The van der Waals surface area contributed by atoms with E-state index in [1.807, 2.05) is 0 Å². The van der Waals surface area contributed by atoms with E-state index >= 15 is 0 Å². The van der Waals surface area contributed by atoms with Gasteiger partial charge in [-0.05, 0) is 25.7 Å². The van der Waals surface area contributed by atoms with Gasteiger partial charge in [0.15, 0.2) is 0 Å². The Morgan fingerprint density at radius 3 is 1.31 bits per heavy atom. The number of esters is 2. The van der Waals surface area contributed by atoms with Gasteiger partial charge in [-0.2, -0.15) is 0 Å². The Morgan fingerprint density at radius 2 is 1.12 bits per heavy atom. The zero-order valence-electron chi connectivity index (χ0n) is 10.1. The second-order valence-corrected chi connectivity index (χ2v) is 3.59. The molecule has 1 saturated carbocycles. The molecule has 1 N–H and O–H groups in total. The van der Waals surface area contributed by atoms with Crippen LogP contribution in [0.3, 0.4) is 0 Å². The topological polar surface area (TPSA) is 72.8 Å². The fraction of sp³-hybridized carbons (Fsp3) is 0.818. The highest BCUT2D eigenvalue weighted by Gasteiger charge is 2.30. The molecule has 1 aliphatic carbocycles. The van der Waals surface area contributed by atoms with Gasteiger partial charge < -0.3 is 14.6 Å². The zero-order chi connectivity index (χ0) is 12.6. The summed E-state index contributed by atoms with van der Waals surface area (Å²) in [6.45, 7) is 0. The van der Waals surface area contributed by atoms with E-state index in [1.54, 1.807) is 0 Å². The quantitative estimate of drug-likeness (QED) is 0.711. The summed E-state index contributed by atoms with van der Waals surface area (Å²) >= 11 is 0. The molecule has 94 valence electrons. The molecule has 0 saturated heterocycles. The van der Waals surface area contributed by atoms with Crippen molar-refractivity contribution in [3.63, 3.8) is 0 Å². The van der Waals surface area contributed by atoms with Crippen LogP contribution >= 0.6 is 0 Å². The third-order valence-electron chi connectivity index (χ3n) is 2.80. The lowest BCUT2D eigenvalue weighted by Gasteiger charge is -2.24. The number of carbonyl (C=O) groups is 2. The van der Waals surface area contributed by atoms with Gasteiger partial charge in [-0.3, -0.25) is 9.59 Å². The van der Waals surface area contributed by atoms with Crippen molar-refractivity contribution in [2.45, 2.75) is 25.7 Å². The summed E-state index contributed by atoms with van der Waals surface area (Å²) in [5.74, 6) is -0.372. The summed E-state index contributed by atoms with van der Waals surface area (Å²) in [6.07, 6.45) is 2.91. The average molecular weight is 232 g/mol. The standard InChI is InChI=1S/C10H16O4.CH4O/c1-13-9(11)7-3-5-8(6-4-7)10(12)14-2;1-2/h7-8H,3-6H2,1-2H3;2H,1H3. The molecule has 0 spiro atoms. The minimum absolute atomic E-state index is 0.0269. The Kier molecular flexibility index (Phi) is 7.54. The maximum absolute atomic E-state index is 11.2. The Labute approximate surface area is 95.7 Å². The van der Waals surface area contributed by atoms with Gasteiger partial charge in [-0.1, -0.05) is 0 Å². The van der Waals surface area contributed by atoms with Crippen molar-refractivity contribution in [2.24, 2.45) is 11.8 Å². The molecular formula is C11H20O5. The zero-order valence-corrected chi connectivity index (χ0v) is 10.1. The molecule has 16 heavy (non-hydrogen) atoms. The second-order valence-electron chi connectivity index (χ2n) is 3.59. The Bertz CT molecular complexity index is 194. The third kappa shape index (κ3) is 4.18. The number of hydrogen-bond donors (Lipinski definition) is 1. The first kappa shape index (κ1) is 14.9. The van der Waals surface area contributed by atoms with Crippen molar-refractivity contribution in [1.29, 1.82) is 0 Å². The van der Waals surface area contributed by atoms with E-state index in [-0.39, 0.29) is 23.8 Å². The van der Waals surface area contributed by atoms with Crippen LogP contribution in [0.4, 0.5) is 0 Å². The highest BCUT2D eigenvalue weighted by Crippen LogP contribution is 2.30. The first-order valence-corrected chi connectivity index (χ1v) is 5.29. The lowest BCUT2D eigenvalue weighted by atomic mass is 9.82. The summed E-state index contributed by atoms with van der Waals surface area (Å²) in [7, 11) is 3.80. The molecule has 1 fully saturated rings. The molecule has 0 unspecified atom stereocenters. The van der Waals surface area contributed by atoms with Crippen molar-refractivity contribution < 1.29 is 24.2 Å². The molecule has 1 rings (SSSR count). The van der Waals surface area contributed by atoms with Crippen LogP contribution in [0.5, 0.6) is 0 Å². The van der Waals surface area contributed by atoms with E-state index in [1.165, 1.54) is 14.2 Å². The summed E-state index contributed by atoms with van der Waals surface area (Å²) < 4.78 is 9.31. The molecule has 5 heteroatoms. The van der Waals surface area contributed by atoms with Gasteiger partial charge in [-0.25, -0.2) is 0 Å². The number of rotatable bonds is 2. The fourth-order valence-electron chi connectivity index (χ4n) is 1.90. The van der Waals surface area contributed by atoms with Crippen LogP contribution in [0, 0.1) is 11.8 Å². The maximum atomic E-state index is 11.2. The fourth-order valence-corrected chi connectivity index (χ4v) is 1.90. The Morgan fingerprint density at radius 1 is 0.875 bits per heavy atom. The van der Waals surface area contributed by atoms with Gasteiger partial charge in [0.1, 0.15) is 0 Å². The molecule has 0 amide bonds. The van der Waals surface area contributed by atoms with Crippen LogP contribution in [0.2, 0.25) is 0 Å². The van der Waals surface area contributed by atoms with E-state index < -0.39 is 0 Å².